The lowest BCUT2D eigenvalue weighted by molar-refractivity contribution is -0.137. The molecule has 6 nitrogen and oxygen atoms in total. The zero-order valence-corrected chi connectivity index (χ0v) is 20.6. The highest BCUT2D eigenvalue weighted by Gasteiger charge is 2.30. The molecule has 0 unspecified atom stereocenters. The fourth-order valence-corrected chi connectivity index (χ4v) is 4.35. The van der Waals surface area contributed by atoms with Gasteiger partial charge >= 0.3 is 6.18 Å². The predicted octanol–water partition coefficient (Wildman–Crippen LogP) is 5.38. The Morgan fingerprint density at radius 1 is 0.946 bits per heavy atom. The molecule has 0 bridgehead atoms. The molecule has 0 aliphatic carbocycles. The van der Waals surface area contributed by atoms with E-state index in [1.165, 1.54) is 31.3 Å². The van der Waals surface area contributed by atoms with Crippen LogP contribution in [0.15, 0.2) is 79.0 Å². The summed E-state index contributed by atoms with van der Waals surface area (Å²) in [6.07, 6.45) is -2.69. The van der Waals surface area contributed by atoms with Gasteiger partial charge in [0.05, 0.1) is 23.6 Å². The number of rotatable bonds is 9. The molecule has 1 aromatic heterocycles. The summed E-state index contributed by atoms with van der Waals surface area (Å²) in [6, 6.07) is 18.0. The number of hydrogen-bond acceptors (Lipinski definition) is 4. The largest absolute Gasteiger partial charge is 0.416 e. The Bertz CT molecular complexity index is 1480. The molecular formula is C26H24F4N4O2S. The van der Waals surface area contributed by atoms with Crippen LogP contribution < -0.4 is 10.0 Å². The molecular weight excluding hydrogens is 508 g/mol. The van der Waals surface area contributed by atoms with E-state index in [0.717, 1.165) is 17.7 Å². The third kappa shape index (κ3) is 6.75. The molecule has 3 aromatic carbocycles. The molecule has 0 atom stereocenters. The van der Waals surface area contributed by atoms with Gasteiger partial charge in [0.15, 0.2) is 0 Å². The number of aromatic nitrogens is 2. The average molecular weight is 533 g/mol. The Balaban J connectivity index is 1.66. The summed E-state index contributed by atoms with van der Waals surface area (Å²) in [5.41, 5.74) is 3.04. The molecule has 194 valence electrons. The second-order valence-corrected chi connectivity index (χ2v) is 10.4. The summed E-state index contributed by atoms with van der Waals surface area (Å²) in [5.74, 6) is -0.505. The molecule has 0 fully saturated rings. The summed E-state index contributed by atoms with van der Waals surface area (Å²) < 4.78 is 80.0. The molecule has 4 rings (SSSR count). The number of nitrogens with one attached hydrogen (secondary N) is 2. The molecule has 0 spiro atoms. The second kappa shape index (κ2) is 10.7. The van der Waals surface area contributed by atoms with Crippen molar-refractivity contribution in [1.82, 2.24) is 14.5 Å². The summed E-state index contributed by atoms with van der Waals surface area (Å²) in [4.78, 5) is 0. The zero-order chi connectivity index (χ0) is 26.6. The molecule has 37 heavy (non-hydrogen) atoms. The van der Waals surface area contributed by atoms with Gasteiger partial charge in [-0.05, 0) is 66.2 Å². The molecule has 0 saturated carbocycles. The molecule has 0 saturated heterocycles. The fraction of sp³-hybridized carbons (Fsp3) is 0.192. The van der Waals surface area contributed by atoms with E-state index in [1.807, 2.05) is 0 Å². The van der Waals surface area contributed by atoms with Crippen LogP contribution in [0.25, 0.3) is 22.4 Å². The van der Waals surface area contributed by atoms with E-state index >= 15 is 0 Å². The van der Waals surface area contributed by atoms with Gasteiger partial charge in [-0.1, -0.05) is 30.3 Å². The van der Waals surface area contributed by atoms with E-state index in [4.69, 9.17) is 0 Å². The van der Waals surface area contributed by atoms with Crippen LogP contribution in [-0.4, -0.2) is 37.5 Å². The third-order valence-electron chi connectivity index (χ3n) is 5.71. The highest BCUT2D eigenvalue weighted by molar-refractivity contribution is 7.89. The maximum Gasteiger partial charge on any atom is 0.416 e. The van der Waals surface area contributed by atoms with Gasteiger partial charge in [0.25, 0.3) is 0 Å². The minimum Gasteiger partial charge on any atom is -0.383 e. The smallest absolute Gasteiger partial charge is 0.383 e. The minimum atomic E-state index is -4.43. The summed E-state index contributed by atoms with van der Waals surface area (Å²) in [7, 11) is -2.09. The van der Waals surface area contributed by atoms with Crippen LogP contribution in [0, 0.1) is 5.82 Å². The Labute approximate surface area is 212 Å². The number of benzene rings is 3. The van der Waals surface area contributed by atoms with Crippen LogP contribution in [-0.2, 0) is 22.7 Å². The summed E-state index contributed by atoms with van der Waals surface area (Å²) in [6.45, 7) is 0.458. The monoisotopic (exact) mass is 532 g/mol. The second-order valence-electron chi connectivity index (χ2n) is 8.31. The quantitative estimate of drug-likeness (QED) is 0.284. The van der Waals surface area contributed by atoms with E-state index in [9.17, 15) is 26.0 Å². The lowest BCUT2D eigenvalue weighted by atomic mass is 9.99. The van der Waals surface area contributed by atoms with Crippen LogP contribution >= 0.6 is 0 Å². The molecule has 0 amide bonds. The number of nitrogens with zero attached hydrogens (tertiary/aromatic N) is 2. The van der Waals surface area contributed by atoms with Crippen LogP contribution in [0.1, 0.15) is 11.1 Å². The number of alkyl halides is 3. The van der Waals surface area contributed by atoms with Gasteiger partial charge in [0.1, 0.15) is 5.82 Å². The molecule has 1 heterocycles. The molecule has 2 N–H and O–H groups in total. The van der Waals surface area contributed by atoms with Crippen LogP contribution in [0.4, 0.5) is 23.2 Å². The number of hydrogen-bond donors (Lipinski definition) is 2. The van der Waals surface area contributed by atoms with Crippen molar-refractivity contribution in [3.05, 3.63) is 95.9 Å². The van der Waals surface area contributed by atoms with Crippen molar-refractivity contribution < 1.29 is 26.0 Å². The minimum absolute atomic E-state index is 0.125. The number of sulfonamides is 1. The van der Waals surface area contributed by atoms with Crippen molar-refractivity contribution in [2.24, 2.45) is 0 Å². The van der Waals surface area contributed by atoms with Gasteiger partial charge in [-0.2, -0.15) is 18.3 Å². The van der Waals surface area contributed by atoms with Gasteiger partial charge in [0, 0.05) is 24.0 Å². The van der Waals surface area contributed by atoms with Crippen molar-refractivity contribution in [1.29, 1.82) is 0 Å². The Kier molecular flexibility index (Phi) is 7.65. The van der Waals surface area contributed by atoms with Crippen molar-refractivity contribution >= 4 is 15.7 Å². The van der Waals surface area contributed by atoms with E-state index in [2.05, 4.69) is 15.1 Å². The topological polar surface area (TPSA) is 76.0 Å². The Morgan fingerprint density at radius 3 is 2.35 bits per heavy atom. The highest BCUT2D eigenvalue weighted by atomic mass is 32.2. The van der Waals surface area contributed by atoms with E-state index in [1.54, 1.807) is 47.3 Å². The Hall–Kier alpha value is -3.70. The van der Waals surface area contributed by atoms with Crippen molar-refractivity contribution in [3.8, 4) is 22.4 Å². The van der Waals surface area contributed by atoms with Gasteiger partial charge in [-0.25, -0.2) is 17.5 Å². The van der Waals surface area contributed by atoms with Gasteiger partial charge in [-0.15, -0.1) is 0 Å². The molecule has 0 aliphatic heterocycles. The standard InChI is InChI=1S/C26H24F4N4O2S/c1-31-37(35,36)14-12-32-24-10-7-20(19-5-8-21(9-6-19)26(28,29)30)16-23(24)25-11-13-34(33-25)17-18-3-2-4-22(27)15-18/h2-11,13,15-16,31-32H,12,14,17H2,1H3. The number of halogens is 4. The molecule has 0 aliphatic rings. The lowest BCUT2D eigenvalue weighted by Gasteiger charge is -2.14. The van der Waals surface area contributed by atoms with Crippen LogP contribution in [0.3, 0.4) is 0 Å². The van der Waals surface area contributed by atoms with E-state index < -0.39 is 21.8 Å². The summed E-state index contributed by atoms with van der Waals surface area (Å²) >= 11 is 0. The van der Waals surface area contributed by atoms with Crippen molar-refractivity contribution in [3.63, 3.8) is 0 Å². The van der Waals surface area contributed by atoms with Crippen molar-refractivity contribution in [2.45, 2.75) is 12.7 Å². The van der Waals surface area contributed by atoms with Crippen LogP contribution in [0.2, 0.25) is 0 Å². The molecule has 11 heteroatoms. The van der Waals surface area contributed by atoms with E-state index in [-0.39, 0.29) is 18.1 Å². The molecule has 0 radical (unpaired) electrons. The SMILES string of the molecule is CNS(=O)(=O)CCNc1ccc(-c2ccc(C(F)(F)F)cc2)cc1-c1ccn(Cc2cccc(F)c2)n1. The van der Waals surface area contributed by atoms with Gasteiger partial charge < -0.3 is 5.32 Å². The fourth-order valence-electron chi connectivity index (χ4n) is 3.78. The maximum absolute atomic E-state index is 13.6. The summed E-state index contributed by atoms with van der Waals surface area (Å²) in [5, 5.41) is 7.70. The molecule has 4 aromatic rings. The first kappa shape index (κ1) is 26.4. The maximum atomic E-state index is 13.6. The van der Waals surface area contributed by atoms with Crippen LogP contribution in [0.5, 0.6) is 0 Å². The first-order valence-corrected chi connectivity index (χ1v) is 12.9. The average Bonchev–Trinajstić information content (AvgIpc) is 3.32. The number of anilines is 1. The van der Waals surface area contributed by atoms with Crippen molar-refractivity contribution in [2.75, 3.05) is 24.7 Å². The zero-order valence-electron chi connectivity index (χ0n) is 19.8. The predicted molar refractivity (Wildman–Crippen MR) is 135 cm³/mol. The Morgan fingerprint density at radius 2 is 1.68 bits per heavy atom. The third-order valence-corrected chi connectivity index (χ3v) is 7.08. The normalized spacial score (nSPS) is 12.0. The van der Waals surface area contributed by atoms with Gasteiger partial charge in [-0.3, -0.25) is 4.68 Å². The highest BCUT2D eigenvalue weighted by Crippen LogP contribution is 2.34. The first-order valence-electron chi connectivity index (χ1n) is 11.3. The lowest BCUT2D eigenvalue weighted by Crippen LogP contribution is -2.26. The first-order chi connectivity index (χ1) is 17.5. The van der Waals surface area contributed by atoms with E-state index in [0.29, 0.717) is 34.6 Å². The van der Waals surface area contributed by atoms with Gasteiger partial charge in [0.2, 0.25) is 10.0 Å².